The van der Waals surface area contributed by atoms with Gasteiger partial charge in [0.25, 0.3) is 0 Å². The lowest BCUT2D eigenvalue weighted by atomic mass is 10.1. The van der Waals surface area contributed by atoms with Gasteiger partial charge in [-0.25, -0.2) is 0 Å². The van der Waals surface area contributed by atoms with E-state index in [0.717, 1.165) is 18.7 Å². The van der Waals surface area contributed by atoms with E-state index in [1.807, 2.05) is 0 Å². The maximum absolute atomic E-state index is 5.42. The van der Waals surface area contributed by atoms with Crippen molar-refractivity contribution in [1.82, 2.24) is 20.2 Å². The molecule has 0 radical (unpaired) electrons. The van der Waals surface area contributed by atoms with Gasteiger partial charge in [0, 0.05) is 13.0 Å². The van der Waals surface area contributed by atoms with Crippen molar-refractivity contribution in [3.63, 3.8) is 0 Å². The summed E-state index contributed by atoms with van der Waals surface area (Å²) in [6, 6.07) is 8.52. The normalized spacial score (nSPS) is 10.7. The van der Waals surface area contributed by atoms with Gasteiger partial charge in [0.05, 0.1) is 6.54 Å². The standard InChI is InChI=1S/C12H17N5/c1-10-2-4-11(5-3-10)6-7-12-14-16-17(15-12)9-8-13/h2-5H,6-9,13H2,1H3. The van der Waals surface area contributed by atoms with Crippen molar-refractivity contribution in [3.8, 4) is 0 Å². The Kier molecular flexibility index (Phi) is 3.82. The quantitative estimate of drug-likeness (QED) is 0.823. The number of tetrazole rings is 1. The Balaban J connectivity index is 1.90. The first kappa shape index (κ1) is 11.7. The average Bonchev–Trinajstić information content (AvgIpc) is 2.77. The minimum atomic E-state index is 0.535. The van der Waals surface area contributed by atoms with Crippen LogP contribution >= 0.6 is 0 Å². The molecule has 17 heavy (non-hydrogen) atoms. The molecule has 2 aromatic rings. The third-order valence-electron chi connectivity index (χ3n) is 2.58. The summed E-state index contributed by atoms with van der Waals surface area (Å²) in [5, 5.41) is 12.2. The van der Waals surface area contributed by atoms with Gasteiger partial charge in [-0.3, -0.25) is 0 Å². The molecule has 0 fully saturated rings. The Morgan fingerprint density at radius 1 is 1.18 bits per heavy atom. The highest BCUT2D eigenvalue weighted by molar-refractivity contribution is 5.21. The second-order valence-electron chi connectivity index (χ2n) is 4.08. The van der Waals surface area contributed by atoms with Crippen molar-refractivity contribution in [2.75, 3.05) is 6.54 Å². The van der Waals surface area contributed by atoms with E-state index in [-0.39, 0.29) is 0 Å². The van der Waals surface area contributed by atoms with Gasteiger partial charge >= 0.3 is 0 Å². The predicted octanol–water partition coefficient (Wildman–Crippen LogP) is 0.725. The number of nitrogens with zero attached hydrogens (tertiary/aromatic N) is 4. The number of rotatable bonds is 5. The lowest BCUT2D eigenvalue weighted by molar-refractivity contribution is 0.528. The second-order valence-corrected chi connectivity index (χ2v) is 4.08. The zero-order valence-corrected chi connectivity index (χ0v) is 10.0. The van der Waals surface area contributed by atoms with Crippen LogP contribution in [0.25, 0.3) is 0 Å². The molecule has 1 aromatic heterocycles. The molecular weight excluding hydrogens is 214 g/mol. The summed E-state index contributed by atoms with van der Waals surface area (Å²) >= 11 is 0. The molecule has 0 spiro atoms. The molecule has 0 aliphatic heterocycles. The summed E-state index contributed by atoms with van der Waals surface area (Å²) in [5.41, 5.74) is 8.00. The Hall–Kier alpha value is -1.75. The van der Waals surface area contributed by atoms with Crippen molar-refractivity contribution in [1.29, 1.82) is 0 Å². The molecule has 2 N–H and O–H groups in total. The lowest BCUT2D eigenvalue weighted by Gasteiger charge is -1.99. The smallest absolute Gasteiger partial charge is 0.175 e. The first-order chi connectivity index (χ1) is 8.28. The Labute approximate surface area is 101 Å². The van der Waals surface area contributed by atoms with Crippen LogP contribution in [0.15, 0.2) is 24.3 Å². The van der Waals surface area contributed by atoms with E-state index in [1.54, 1.807) is 4.80 Å². The van der Waals surface area contributed by atoms with Crippen molar-refractivity contribution in [3.05, 3.63) is 41.2 Å². The van der Waals surface area contributed by atoms with E-state index in [0.29, 0.717) is 13.1 Å². The minimum Gasteiger partial charge on any atom is -0.329 e. The van der Waals surface area contributed by atoms with E-state index in [9.17, 15) is 0 Å². The number of nitrogens with two attached hydrogens (primary N) is 1. The molecule has 0 saturated heterocycles. The highest BCUT2D eigenvalue weighted by Crippen LogP contribution is 2.05. The zero-order chi connectivity index (χ0) is 12.1. The number of hydrogen-bond acceptors (Lipinski definition) is 4. The molecule has 5 nitrogen and oxygen atoms in total. The molecule has 0 amide bonds. The summed E-state index contributed by atoms with van der Waals surface area (Å²) < 4.78 is 0. The van der Waals surface area contributed by atoms with Crippen molar-refractivity contribution in [2.45, 2.75) is 26.3 Å². The zero-order valence-electron chi connectivity index (χ0n) is 10.0. The third-order valence-corrected chi connectivity index (χ3v) is 2.58. The molecule has 0 atom stereocenters. The van der Waals surface area contributed by atoms with Crippen molar-refractivity contribution < 1.29 is 0 Å². The van der Waals surface area contributed by atoms with Gasteiger partial charge in [0.1, 0.15) is 0 Å². The van der Waals surface area contributed by atoms with Crippen LogP contribution in [-0.2, 0) is 19.4 Å². The minimum absolute atomic E-state index is 0.535. The summed E-state index contributed by atoms with van der Waals surface area (Å²) in [7, 11) is 0. The molecule has 1 heterocycles. The molecule has 0 bridgehead atoms. The van der Waals surface area contributed by atoms with Crippen LogP contribution in [0.3, 0.4) is 0 Å². The molecule has 0 saturated carbocycles. The van der Waals surface area contributed by atoms with Crippen LogP contribution in [0.1, 0.15) is 17.0 Å². The Morgan fingerprint density at radius 2 is 1.94 bits per heavy atom. The number of benzene rings is 1. The lowest BCUT2D eigenvalue weighted by Crippen LogP contribution is -2.12. The number of hydrogen-bond donors (Lipinski definition) is 1. The fourth-order valence-corrected chi connectivity index (χ4v) is 1.60. The summed E-state index contributed by atoms with van der Waals surface area (Å²) in [6.45, 7) is 3.25. The van der Waals surface area contributed by atoms with Crippen molar-refractivity contribution in [2.24, 2.45) is 5.73 Å². The SMILES string of the molecule is Cc1ccc(CCc2nnn(CCN)n2)cc1. The van der Waals surface area contributed by atoms with Gasteiger partial charge < -0.3 is 5.73 Å². The third kappa shape index (κ3) is 3.35. The van der Waals surface area contributed by atoms with Crippen LogP contribution in [-0.4, -0.2) is 26.8 Å². The summed E-state index contributed by atoms with van der Waals surface area (Å²) in [6.07, 6.45) is 1.75. The average molecular weight is 231 g/mol. The van der Waals surface area contributed by atoms with Gasteiger partial charge in [-0.2, -0.15) is 4.80 Å². The van der Waals surface area contributed by atoms with Gasteiger partial charge in [0.2, 0.25) is 0 Å². The first-order valence-corrected chi connectivity index (χ1v) is 5.80. The van der Waals surface area contributed by atoms with Crippen LogP contribution in [0.5, 0.6) is 0 Å². The van der Waals surface area contributed by atoms with Crippen LogP contribution < -0.4 is 5.73 Å². The Bertz CT molecular complexity index is 460. The summed E-state index contributed by atoms with van der Waals surface area (Å²) in [5.74, 6) is 0.777. The fourth-order valence-electron chi connectivity index (χ4n) is 1.60. The maximum Gasteiger partial charge on any atom is 0.175 e. The maximum atomic E-state index is 5.42. The molecule has 0 aliphatic carbocycles. The van der Waals surface area contributed by atoms with Crippen molar-refractivity contribution >= 4 is 0 Å². The highest BCUT2D eigenvalue weighted by atomic mass is 15.6. The van der Waals surface area contributed by atoms with E-state index in [1.165, 1.54) is 11.1 Å². The highest BCUT2D eigenvalue weighted by Gasteiger charge is 2.02. The summed E-state index contributed by atoms with van der Waals surface area (Å²) in [4.78, 5) is 1.55. The van der Waals surface area contributed by atoms with E-state index >= 15 is 0 Å². The van der Waals surface area contributed by atoms with Crippen LogP contribution in [0.4, 0.5) is 0 Å². The van der Waals surface area contributed by atoms with Gasteiger partial charge in [-0.05, 0) is 24.1 Å². The number of aryl methyl sites for hydroxylation is 3. The van der Waals surface area contributed by atoms with E-state index in [4.69, 9.17) is 5.73 Å². The van der Waals surface area contributed by atoms with E-state index in [2.05, 4.69) is 46.6 Å². The van der Waals surface area contributed by atoms with Gasteiger partial charge in [0.15, 0.2) is 5.82 Å². The second kappa shape index (κ2) is 5.54. The first-order valence-electron chi connectivity index (χ1n) is 5.80. The molecule has 5 heteroatoms. The monoisotopic (exact) mass is 231 g/mol. The fraction of sp³-hybridized carbons (Fsp3) is 0.417. The molecule has 90 valence electrons. The largest absolute Gasteiger partial charge is 0.329 e. The van der Waals surface area contributed by atoms with Gasteiger partial charge in [-0.1, -0.05) is 29.8 Å². The van der Waals surface area contributed by atoms with Crippen LogP contribution in [0.2, 0.25) is 0 Å². The molecule has 2 rings (SSSR count). The molecule has 0 aliphatic rings. The molecular formula is C12H17N5. The van der Waals surface area contributed by atoms with Gasteiger partial charge in [-0.15, -0.1) is 10.2 Å². The predicted molar refractivity (Wildman–Crippen MR) is 65.5 cm³/mol. The topological polar surface area (TPSA) is 69.6 Å². The van der Waals surface area contributed by atoms with E-state index < -0.39 is 0 Å². The Morgan fingerprint density at radius 3 is 2.65 bits per heavy atom. The molecule has 1 aromatic carbocycles. The van der Waals surface area contributed by atoms with Crippen LogP contribution in [0, 0.1) is 6.92 Å². The molecule has 0 unspecified atom stereocenters. The number of aromatic nitrogens is 4.